The van der Waals surface area contributed by atoms with E-state index in [0.29, 0.717) is 0 Å². The Kier molecular flexibility index (Phi) is 10.6. The van der Waals surface area contributed by atoms with Gasteiger partial charge in [0.05, 0.1) is 5.56 Å². The number of carbonyl (C=O) groups is 2. The molecule has 4 heteroatoms. The van der Waals surface area contributed by atoms with Crippen molar-refractivity contribution in [3.63, 3.8) is 0 Å². The molecule has 2 aromatic rings. The number of rotatable bonds is 9. The maximum absolute atomic E-state index is 13.5. The van der Waals surface area contributed by atoms with Crippen LogP contribution in [0.15, 0.2) is 48.0 Å². The van der Waals surface area contributed by atoms with E-state index in [4.69, 9.17) is 0 Å². The molecule has 0 heterocycles. The molecule has 0 saturated heterocycles. The smallest absolute Gasteiger partial charge is 0.188 e. The van der Waals surface area contributed by atoms with Gasteiger partial charge in [-0.15, -0.1) is 0 Å². The minimum absolute atomic E-state index is 0.0123. The van der Waals surface area contributed by atoms with Crippen molar-refractivity contribution in [2.45, 2.75) is 79.1 Å². The van der Waals surface area contributed by atoms with Gasteiger partial charge >= 0.3 is 0 Å². The van der Waals surface area contributed by atoms with Crippen molar-refractivity contribution in [3.05, 3.63) is 81.9 Å². The summed E-state index contributed by atoms with van der Waals surface area (Å²) in [5.41, 5.74) is 4.30. The fourth-order valence-corrected chi connectivity index (χ4v) is 4.17. The molecule has 0 N–H and O–H groups in total. The molecular weight excluding hydrogens is 418 g/mol. The molecule has 0 amide bonds. The summed E-state index contributed by atoms with van der Waals surface area (Å²) in [6.07, 6.45) is 9.49. The van der Waals surface area contributed by atoms with Gasteiger partial charge in [-0.05, 0) is 68.4 Å². The molecule has 2 aromatic carbocycles. The van der Waals surface area contributed by atoms with Crippen molar-refractivity contribution in [1.82, 2.24) is 0 Å². The first-order chi connectivity index (χ1) is 15.8. The lowest BCUT2D eigenvalue weighted by atomic mass is 9.87. The first-order valence-electron chi connectivity index (χ1n) is 12.1. The second-order valence-electron chi connectivity index (χ2n) is 8.79. The van der Waals surface area contributed by atoms with Crippen LogP contribution in [-0.4, -0.2) is 11.6 Å². The molecule has 0 atom stereocenters. The van der Waals surface area contributed by atoms with Crippen LogP contribution in [0.25, 0.3) is 0 Å². The van der Waals surface area contributed by atoms with Gasteiger partial charge in [0, 0.05) is 17.5 Å². The van der Waals surface area contributed by atoms with Gasteiger partial charge in [0.15, 0.2) is 11.6 Å². The second-order valence-corrected chi connectivity index (χ2v) is 8.79. The topological polar surface area (TPSA) is 34.1 Å². The van der Waals surface area contributed by atoms with Crippen molar-refractivity contribution < 1.29 is 18.4 Å². The predicted molar refractivity (Wildman–Crippen MR) is 131 cm³/mol. The molecule has 0 fully saturated rings. The molecule has 0 radical (unpaired) electrons. The van der Waals surface area contributed by atoms with E-state index in [1.807, 2.05) is 26.8 Å². The zero-order chi connectivity index (χ0) is 24.4. The van der Waals surface area contributed by atoms with Crippen molar-refractivity contribution in [1.29, 1.82) is 0 Å². The third-order valence-electron chi connectivity index (χ3n) is 6.01. The Morgan fingerprint density at radius 3 is 2.27 bits per heavy atom. The van der Waals surface area contributed by atoms with E-state index in [1.165, 1.54) is 17.2 Å². The first-order valence-corrected chi connectivity index (χ1v) is 12.1. The predicted octanol–water partition coefficient (Wildman–Crippen LogP) is 8.21. The third-order valence-corrected chi connectivity index (χ3v) is 6.01. The van der Waals surface area contributed by atoms with Crippen LogP contribution in [0.3, 0.4) is 0 Å². The van der Waals surface area contributed by atoms with Gasteiger partial charge in [0.25, 0.3) is 0 Å². The summed E-state index contributed by atoms with van der Waals surface area (Å²) in [5, 5.41) is 0. The van der Waals surface area contributed by atoms with Gasteiger partial charge in [0.1, 0.15) is 11.6 Å². The summed E-state index contributed by atoms with van der Waals surface area (Å²) in [6.45, 7) is 8.19. The van der Waals surface area contributed by atoms with E-state index >= 15 is 0 Å². The molecule has 0 aliphatic heterocycles. The minimum atomic E-state index is -0.757. The normalized spacial score (nSPS) is 12.7. The monoisotopic (exact) mass is 454 g/mol. The van der Waals surface area contributed by atoms with Gasteiger partial charge in [-0.1, -0.05) is 63.8 Å². The summed E-state index contributed by atoms with van der Waals surface area (Å²) in [7, 11) is 0. The van der Waals surface area contributed by atoms with Gasteiger partial charge < -0.3 is 0 Å². The Morgan fingerprint density at radius 1 is 0.970 bits per heavy atom. The highest BCUT2D eigenvalue weighted by atomic mass is 19.1. The molecule has 1 aliphatic rings. The lowest BCUT2D eigenvalue weighted by Crippen LogP contribution is -2.16. The van der Waals surface area contributed by atoms with E-state index in [9.17, 15) is 18.4 Å². The first kappa shape index (κ1) is 26.6. The Morgan fingerprint density at radius 2 is 1.67 bits per heavy atom. The molecular formula is C29H36F2O2. The summed E-state index contributed by atoms with van der Waals surface area (Å²) < 4.78 is 26.2. The number of fused-ring (bicyclic) bond motifs is 1. The lowest BCUT2D eigenvalue weighted by Gasteiger charge is -2.16. The zero-order valence-electron chi connectivity index (χ0n) is 20.3. The van der Waals surface area contributed by atoms with Crippen molar-refractivity contribution in [2.24, 2.45) is 5.92 Å². The highest BCUT2D eigenvalue weighted by Gasteiger charge is 2.22. The molecule has 3 rings (SSSR count). The molecule has 0 saturated carbocycles. The number of hydrogen-bond acceptors (Lipinski definition) is 2. The molecule has 0 unspecified atom stereocenters. The highest BCUT2D eigenvalue weighted by molar-refractivity contribution is 6.10. The van der Waals surface area contributed by atoms with Crippen LogP contribution in [0.4, 0.5) is 8.78 Å². The molecule has 1 aliphatic carbocycles. The lowest BCUT2D eigenvalue weighted by molar-refractivity contribution is 0.0900. The number of halogens is 2. The third kappa shape index (κ3) is 7.45. The summed E-state index contributed by atoms with van der Waals surface area (Å²) >= 11 is 0. The molecule has 0 spiro atoms. The van der Waals surface area contributed by atoms with Crippen LogP contribution in [0.1, 0.15) is 97.6 Å². The molecule has 33 heavy (non-hydrogen) atoms. The maximum atomic E-state index is 13.5. The van der Waals surface area contributed by atoms with Crippen LogP contribution in [0.5, 0.6) is 0 Å². The molecule has 0 bridgehead atoms. The fraction of sp³-hybridized carbons (Fsp3) is 0.448. The average molecular weight is 455 g/mol. The quantitative estimate of drug-likeness (QED) is 0.358. The maximum Gasteiger partial charge on any atom is 0.188 e. The van der Waals surface area contributed by atoms with Crippen LogP contribution in [0.2, 0.25) is 0 Å². The van der Waals surface area contributed by atoms with Crippen LogP contribution in [0, 0.1) is 24.5 Å². The number of Topliss-reactive ketones (excluding diaryl/α,β-unsaturated/α-hetero) is 2. The Labute approximate surface area is 197 Å². The van der Waals surface area contributed by atoms with E-state index in [0.717, 1.165) is 74.6 Å². The van der Waals surface area contributed by atoms with Crippen molar-refractivity contribution >= 4 is 11.6 Å². The SMILES string of the molecule is CCCC(CCC)C(=O)c1ccc(F)cc1F.CCCCC1=CCc2ccc(C)cc2C1=O. The molecule has 2 nitrogen and oxygen atoms in total. The minimum Gasteiger partial charge on any atom is -0.294 e. The number of unbranched alkanes of at least 4 members (excludes halogenated alkanes) is 1. The average Bonchev–Trinajstić information content (AvgIpc) is 2.79. The Hall–Kier alpha value is -2.62. The molecule has 178 valence electrons. The summed E-state index contributed by atoms with van der Waals surface area (Å²) in [4.78, 5) is 24.3. The zero-order valence-corrected chi connectivity index (χ0v) is 20.3. The highest BCUT2D eigenvalue weighted by Crippen LogP contribution is 2.25. The van der Waals surface area contributed by atoms with Crippen LogP contribution >= 0.6 is 0 Å². The number of ketones is 2. The van der Waals surface area contributed by atoms with Crippen molar-refractivity contribution in [2.75, 3.05) is 0 Å². The van der Waals surface area contributed by atoms with E-state index in [1.54, 1.807) is 0 Å². The standard InChI is InChI=1S/C15H18O.C14H18F2O/c1-3-4-5-13-9-8-12-7-6-11(2)10-14(12)15(13)16;1-3-5-10(6-4-2)14(17)12-8-7-11(15)9-13(12)16/h6-7,9-10H,3-5,8H2,1-2H3;7-10H,3-6H2,1-2H3. The van der Waals surface area contributed by atoms with E-state index in [2.05, 4.69) is 25.1 Å². The molecule has 0 aromatic heterocycles. The van der Waals surface area contributed by atoms with Crippen LogP contribution < -0.4 is 0 Å². The summed E-state index contributed by atoms with van der Waals surface area (Å²) in [6, 6.07) is 9.32. The number of allylic oxidation sites excluding steroid dienone is 2. The van der Waals surface area contributed by atoms with E-state index in [-0.39, 0.29) is 23.0 Å². The number of aryl methyl sites for hydroxylation is 1. The number of carbonyl (C=O) groups excluding carboxylic acids is 2. The largest absolute Gasteiger partial charge is 0.294 e. The van der Waals surface area contributed by atoms with Crippen molar-refractivity contribution in [3.8, 4) is 0 Å². The van der Waals surface area contributed by atoms with Crippen LogP contribution in [-0.2, 0) is 6.42 Å². The van der Waals surface area contributed by atoms with Gasteiger partial charge in [-0.2, -0.15) is 0 Å². The number of benzene rings is 2. The fourth-order valence-electron chi connectivity index (χ4n) is 4.17. The summed E-state index contributed by atoms with van der Waals surface area (Å²) in [5.74, 6) is -1.51. The van der Waals surface area contributed by atoms with Gasteiger partial charge in [0.2, 0.25) is 0 Å². The van der Waals surface area contributed by atoms with E-state index < -0.39 is 11.6 Å². The Balaban J connectivity index is 0.000000234. The van der Waals surface area contributed by atoms with Gasteiger partial charge in [-0.3, -0.25) is 9.59 Å². The second kappa shape index (κ2) is 13.2. The Bertz CT molecular complexity index is 985. The van der Waals surface area contributed by atoms with Gasteiger partial charge in [-0.25, -0.2) is 8.78 Å². The number of hydrogen-bond donors (Lipinski definition) is 0.